The Morgan fingerprint density at radius 3 is 2.54 bits per heavy atom. The van der Waals surface area contributed by atoms with Crippen LogP contribution < -0.4 is 4.90 Å². The van der Waals surface area contributed by atoms with Crippen LogP contribution >= 0.6 is 15.9 Å². The number of hydrogen-bond acceptors (Lipinski definition) is 2. The second kappa shape index (κ2) is 4.09. The minimum atomic E-state index is 0.479. The Bertz CT molecular complexity index is 297. The van der Waals surface area contributed by atoms with Crippen molar-refractivity contribution in [2.24, 2.45) is 0 Å². The summed E-state index contributed by atoms with van der Waals surface area (Å²) in [6.07, 6.45) is 1.83. The minimum Gasteiger partial charge on any atom is -0.357 e. The molecule has 0 saturated carbocycles. The van der Waals surface area contributed by atoms with Gasteiger partial charge in [0.2, 0.25) is 0 Å². The summed E-state index contributed by atoms with van der Waals surface area (Å²) in [7, 11) is 2.06. The lowest BCUT2D eigenvalue weighted by Gasteiger charge is -2.24. The molecule has 0 spiro atoms. The summed E-state index contributed by atoms with van der Waals surface area (Å²) >= 11 is 3.40. The average Bonchev–Trinajstić information content (AvgIpc) is 2.03. The first-order valence-corrected chi connectivity index (χ1v) is 5.16. The van der Waals surface area contributed by atoms with E-state index in [4.69, 9.17) is 0 Å². The smallest absolute Gasteiger partial charge is 0.131 e. The molecular weight excluding hydrogens is 228 g/mol. The topological polar surface area (TPSA) is 16.1 Å². The maximum Gasteiger partial charge on any atom is 0.131 e. The van der Waals surface area contributed by atoms with E-state index in [2.05, 4.69) is 59.7 Å². The zero-order chi connectivity index (χ0) is 10.0. The second-order valence-electron chi connectivity index (χ2n) is 3.50. The van der Waals surface area contributed by atoms with E-state index in [1.54, 1.807) is 0 Å². The van der Waals surface area contributed by atoms with Gasteiger partial charge in [-0.25, -0.2) is 4.98 Å². The molecule has 1 heterocycles. The van der Waals surface area contributed by atoms with E-state index in [1.807, 2.05) is 6.20 Å². The van der Waals surface area contributed by atoms with Gasteiger partial charge in [0.15, 0.2) is 0 Å². The Kier molecular flexibility index (Phi) is 3.31. The van der Waals surface area contributed by atoms with Crippen molar-refractivity contribution in [2.75, 3.05) is 11.9 Å². The molecule has 0 radical (unpaired) electrons. The Morgan fingerprint density at radius 2 is 2.08 bits per heavy atom. The number of pyridine rings is 1. The van der Waals surface area contributed by atoms with Crippen molar-refractivity contribution in [3.8, 4) is 0 Å². The van der Waals surface area contributed by atoms with E-state index in [1.165, 1.54) is 5.56 Å². The Balaban J connectivity index is 3.01. The van der Waals surface area contributed by atoms with Crippen molar-refractivity contribution < 1.29 is 0 Å². The van der Waals surface area contributed by atoms with E-state index in [9.17, 15) is 0 Å². The van der Waals surface area contributed by atoms with E-state index < -0.39 is 0 Å². The zero-order valence-electron chi connectivity index (χ0n) is 8.50. The number of nitrogens with zero attached hydrogens (tertiary/aromatic N) is 2. The predicted octanol–water partition coefficient (Wildman–Crippen LogP) is 3.00. The van der Waals surface area contributed by atoms with Crippen molar-refractivity contribution >= 4 is 21.7 Å². The van der Waals surface area contributed by atoms with Crippen LogP contribution in [0.1, 0.15) is 19.4 Å². The van der Waals surface area contributed by atoms with Crippen LogP contribution in [0.4, 0.5) is 5.82 Å². The normalized spacial score (nSPS) is 10.6. The molecule has 13 heavy (non-hydrogen) atoms. The maximum atomic E-state index is 4.38. The van der Waals surface area contributed by atoms with Crippen molar-refractivity contribution in [1.82, 2.24) is 4.98 Å². The monoisotopic (exact) mass is 242 g/mol. The third-order valence-corrected chi connectivity index (χ3v) is 2.56. The van der Waals surface area contributed by atoms with Crippen molar-refractivity contribution in [3.05, 3.63) is 22.3 Å². The van der Waals surface area contributed by atoms with Gasteiger partial charge in [0.05, 0.1) is 0 Å². The molecule has 0 fully saturated rings. The molecule has 72 valence electrons. The Morgan fingerprint density at radius 1 is 1.46 bits per heavy atom. The molecule has 0 aliphatic carbocycles. The lowest BCUT2D eigenvalue weighted by molar-refractivity contribution is 0.740. The molecular formula is C10H15BrN2. The minimum absolute atomic E-state index is 0.479. The fourth-order valence-electron chi connectivity index (χ4n) is 1.15. The van der Waals surface area contributed by atoms with Crippen molar-refractivity contribution in [3.63, 3.8) is 0 Å². The second-order valence-corrected chi connectivity index (χ2v) is 4.41. The summed E-state index contributed by atoms with van der Waals surface area (Å²) in [4.78, 5) is 6.55. The first-order valence-electron chi connectivity index (χ1n) is 4.37. The molecule has 0 saturated heterocycles. The van der Waals surface area contributed by atoms with Crippen molar-refractivity contribution in [1.29, 1.82) is 0 Å². The Hall–Kier alpha value is -0.570. The van der Waals surface area contributed by atoms with Crippen LogP contribution in [0.2, 0.25) is 0 Å². The van der Waals surface area contributed by atoms with Crippen molar-refractivity contribution in [2.45, 2.75) is 26.8 Å². The van der Waals surface area contributed by atoms with Crippen LogP contribution in [0.25, 0.3) is 0 Å². The predicted molar refractivity (Wildman–Crippen MR) is 60.2 cm³/mol. The van der Waals surface area contributed by atoms with Gasteiger partial charge in [0, 0.05) is 23.8 Å². The molecule has 1 aromatic heterocycles. The summed E-state index contributed by atoms with van der Waals surface area (Å²) in [6, 6.07) is 2.56. The molecule has 0 amide bonds. The molecule has 0 N–H and O–H groups in total. The third kappa shape index (κ3) is 2.44. The fraction of sp³-hybridized carbons (Fsp3) is 0.500. The van der Waals surface area contributed by atoms with E-state index >= 15 is 0 Å². The van der Waals surface area contributed by atoms with E-state index in [-0.39, 0.29) is 0 Å². The van der Waals surface area contributed by atoms with E-state index in [0.29, 0.717) is 6.04 Å². The molecule has 0 atom stereocenters. The van der Waals surface area contributed by atoms with Gasteiger partial charge in [-0.05, 0) is 48.3 Å². The molecule has 1 aromatic rings. The molecule has 0 unspecified atom stereocenters. The lowest BCUT2D eigenvalue weighted by Crippen LogP contribution is -2.27. The van der Waals surface area contributed by atoms with Crippen LogP contribution in [-0.2, 0) is 0 Å². The quantitative estimate of drug-likeness (QED) is 0.793. The summed E-state index contributed by atoms with van der Waals surface area (Å²) in [5.74, 6) is 1.05. The van der Waals surface area contributed by atoms with Gasteiger partial charge in [-0.2, -0.15) is 0 Å². The lowest BCUT2D eigenvalue weighted by atomic mass is 10.2. The third-order valence-electron chi connectivity index (χ3n) is 2.13. The standard InChI is InChI=1S/C10H15BrN2/c1-7(2)13(4)10-8(3)5-9(11)6-12-10/h5-7H,1-4H3. The highest BCUT2D eigenvalue weighted by molar-refractivity contribution is 9.10. The number of anilines is 1. The van der Waals surface area contributed by atoms with Gasteiger partial charge in [0.25, 0.3) is 0 Å². The molecule has 1 rings (SSSR count). The largest absolute Gasteiger partial charge is 0.357 e. The molecule has 3 heteroatoms. The molecule has 0 aromatic carbocycles. The fourth-order valence-corrected chi connectivity index (χ4v) is 1.59. The summed E-state index contributed by atoms with van der Waals surface area (Å²) in [5.41, 5.74) is 1.20. The summed E-state index contributed by atoms with van der Waals surface area (Å²) in [6.45, 7) is 6.39. The molecule has 0 bridgehead atoms. The highest BCUT2D eigenvalue weighted by Gasteiger charge is 2.08. The van der Waals surface area contributed by atoms with Crippen LogP contribution in [0.5, 0.6) is 0 Å². The van der Waals surface area contributed by atoms with Gasteiger partial charge in [-0.3, -0.25) is 0 Å². The van der Waals surface area contributed by atoms with Gasteiger partial charge < -0.3 is 4.90 Å². The number of rotatable bonds is 2. The number of aryl methyl sites for hydroxylation is 1. The summed E-state index contributed by atoms with van der Waals surface area (Å²) < 4.78 is 1.03. The highest BCUT2D eigenvalue weighted by Crippen LogP contribution is 2.20. The molecule has 0 aliphatic heterocycles. The Labute approximate surface area is 88.1 Å². The zero-order valence-corrected chi connectivity index (χ0v) is 10.1. The SMILES string of the molecule is Cc1cc(Br)cnc1N(C)C(C)C. The van der Waals surface area contributed by atoms with Gasteiger partial charge in [0.1, 0.15) is 5.82 Å². The average molecular weight is 243 g/mol. The molecule has 2 nitrogen and oxygen atoms in total. The van der Waals surface area contributed by atoms with Gasteiger partial charge >= 0.3 is 0 Å². The van der Waals surface area contributed by atoms with Crippen LogP contribution in [0.3, 0.4) is 0 Å². The van der Waals surface area contributed by atoms with Crippen LogP contribution in [0.15, 0.2) is 16.7 Å². The number of aromatic nitrogens is 1. The highest BCUT2D eigenvalue weighted by atomic mass is 79.9. The maximum absolute atomic E-state index is 4.38. The summed E-state index contributed by atoms with van der Waals surface area (Å²) in [5, 5.41) is 0. The first kappa shape index (κ1) is 10.5. The number of hydrogen-bond donors (Lipinski definition) is 0. The first-order chi connectivity index (χ1) is 6.02. The molecule has 0 aliphatic rings. The van der Waals surface area contributed by atoms with Crippen LogP contribution in [0, 0.1) is 6.92 Å². The van der Waals surface area contributed by atoms with Gasteiger partial charge in [-0.15, -0.1) is 0 Å². The van der Waals surface area contributed by atoms with Crippen LogP contribution in [-0.4, -0.2) is 18.1 Å². The number of halogens is 1. The van der Waals surface area contributed by atoms with Gasteiger partial charge in [-0.1, -0.05) is 0 Å². The van der Waals surface area contributed by atoms with E-state index in [0.717, 1.165) is 10.3 Å².